The fourth-order valence-corrected chi connectivity index (χ4v) is 1.51. The van der Waals surface area contributed by atoms with Crippen LogP contribution in [0.4, 0.5) is 14.9 Å². The van der Waals surface area contributed by atoms with Crippen LogP contribution in [0.25, 0.3) is 0 Å². The van der Waals surface area contributed by atoms with Gasteiger partial charge in [-0.25, -0.2) is 14.6 Å². The van der Waals surface area contributed by atoms with Crippen LogP contribution in [0.5, 0.6) is 0 Å². The Morgan fingerprint density at radius 3 is 3.06 bits per heavy atom. The highest BCUT2D eigenvalue weighted by atomic mass is 19.1. The number of carbonyl (C=O) groups excluding carboxylic acids is 1. The number of anilines is 1. The third-order valence-corrected chi connectivity index (χ3v) is 2.37. The molecule has 0 radical (unpaired) electrons. The molecule has 1 aliphatic heterocycles. The first kappa shape index (κ1) is 11.8. The maximum absolute atomic E-state index is 13.3. The summed E-state index contributed by atoms with van der Waals surface area (Å²) in [5, 5.41) is 3.89. The first-order valence-corrected chi connectivity index (χ1v) is 5.41. The van der Waals surface area contributed by atoms with Crippen LogP contribution >= 0.6 is 0 Å². The molecule has 1 saturated heterocycles. The molecule has 0 aliphatic carbocycles. The van der Waals surface area contributed by atoms with E-state index in [0.717, 1.165) is 0 Å². The minimum absolute atomic E-state index is 0.171. The average Bonchev–Trinajstić information content (AvgIpc) is 2.61. The number of halogens is 1. The van der Waals surface area contributed by atoms with Crippen LogP contribution in [0.15, 0.2) is 24.3 Å². The van der Waals surface area contributed by atoms with Crippen LogP contribution in [0.2, 0.25) is 0 Å². The van der Waals surface area contributed by atoms with Crippen molar-refractivity contribution in [2.24, 2.45) is 0 Å². The van der Waals surface area contributed by atoms with Crippen molar-refractivity contribution in [2.45, 2.75) is 0 Å². The molecule has 1 fully saturated rings. The minimum Gasteiger partial charge on any atom is -0.378 e. The van der Waals surface area contributed by atoms with Gasteiger partial charge in [0.15, 0.2) is 0 Å². The maximum atomic E-state index is 13.3. The number of para-hydroxylation sites is 1. The molecule has 5 nitrogen and oxygen atoms in total. The van der Waals surface area contributed by atoms with E-state index in [-0.39, 0.29) is 11.7 Å². The average molecular weight is 239 g/mol. The number of ether oxygens (including phenoxy) is 1. The summed E-state index contributed by atoms with van der Waals surface area (Å²) in [5.41, 5.74) is 3.07. The van der Waals surface area contributed by atoms with E-state index in [2.05, 4.69) is 10.7 Å². The second-order valence-corrected chi connectivity index (χ2v) is 3.58. The maximum Gasteiger partial charge on any atom is 0.336 e. The van der Waals surface area contributed by atoms with Gasteiger partial charge in [-0.3, -0.25) is 5.01 Å². The van der Waals surface area contributed by atoms with Crippen molar-refractivity contribution in [3.8, 4) is 0 Å². The Balaban J connectivity index is 1.98. The largest absolute Gasteiger partial charge is 0.378 e. The lowest BCUT2D eigenvalue weighted by Gasteiger charge is -2.20. The molecule has 0 aromatic heterocycles. The molecule has 0 saturated carbocycles. The number of hydrogen-bond donors (Lipinski definition) is 2. The fraction of sp³-hybridized carbons (Fsp3) is 0.364. The zero-order chi connectivity index (χ0) is 12.1. The van der Waals surface area contributed by atoms with Crippen molar-refractivity contribution >= 4 is 11.7 Å². The SMILES string of the molecule is O=C(Nc1ccccc1F)N1CCOCCN1. The Morgan fingerprint density at radius 1 is 1.41 bits per heavy atom. The van der Waals surface area contributed by atoms with Gasteiger partial charge in [0.25, 0.3) is 0 Å². The van der Waals surface area contributed by atoms with E-state index in [4.69, 9.17) is 4.74 Å². The molecule has 0 spiro atoms. The van der Waals surface area contributed by atoms with E-state index >= 15 is 0 Å². The molecule has 0 unspecified atom stereocenters. The molecule has 1 aromatic carbocycles. The van der Waals surface area contributed by atoms with Crippen molar-refractivity contribution in [3.05, 3.63) is 30.1 Å². The van der Waals surface area contributed by atoms with E-state index in [9.17, 15) is 9.18 Å². The zero-order valence-electron chi connectivity index (χ0n) is 9.28. The molecular weight excluding hydrogens is 225 g/mol. The Labute approximate surface area is 98.5 Å². The summed E-state index contributed by atoms with van der Waals surface area (Å²) in [5.74, 6) is -0.452. The minimum atomic E-state index is -0.452. The van der Waals surface area contributed by atoms with Gasteiger partial charge in [0.1, 0.15) is 5.82 Å². The van der Waals surface area contributed by atoms with Crippen LogP contribution in [0.1, 0.15) is 0 Å². The Morgan fingerprint density at radius 2 is 2.24 bits per heavy atom. The van der Waals surface area contributed by atoms with Crippen LogP contribution in [-0.4, -0.2) is 37.3 Å². The summed E-state index contributed by atoms with van der Waals surface area (Å²) in [6.45, 7) is 2.02. The van der Waals surface area contributed by atoms with Crippen molar-refractivity contribution < 1.29 is 13.9 Å². The third-order valence-electron chi connectivity index (χ3n) is 2.37. The van der Waals surface area contributed by atoms with Gasteiger partial charge in [-0.15, -0.1) is 0 Å². The molecule has 17 heavy (non-hydrogen) atoms. The highest BCUT2D eigenvalue weighted by Crippen LogP contribution is 2.12. The van der Waals surface area contributed by atoms with Gasteiger partial charge in [-0.1, -0.05) is 12.1 Å². The standard InChI is InChI=1S/C11H14FN3O2/c12-9-3-1-2-4-10(9)14-11(16)15-6-8-17-7-5-13-15/h1-4,13H,5-8H2,(H,14,16). The first-order chi connectivity index (χ1) is 8.27. The van der Waals surface area contributed by atoms with Crippen molar-refractivity contribution in [3.63, 3.8) is 0 Å². The Bertz CT molecular complexity index is 392. The summed E-state index contributed by atoms with van der Waals surface area (Å²) < 4.78 is 18.5. The normalized spacial score (nSPS) is 16.4. The third kappa shape index (κ3) is 3.15. The van der Waals surface area contributed by atoms with Gasteiger partial charge in [0.05, 0.1) is 25.4 Å². The lowest BCUT2D eigenvalue weighted by atomic mass is 10.3. The lowest BCUT2D eigenvalue weighted by molar-refractivity contribution is 0.147. The van der Waals surface area contributed by atoms with Crippen LogP contribution in [0, 0.1) is 5.82 Å². The molecule has 2 amide bonds. The predicted octanol–water partition coefficient (Wildman–Crippen LogP) is 1.19. The van der Waals surface area contributed by atoms with Crippen LogP contribution in [-0.2, 0) is 4.74 Å². The number of urea groups is 1. The van der Waals surface area contributed by atoms with Crippen molar-refractivity contribution in [1.29, 1.82) is 0 Å². The smallest absolute Gasteiger partial charge is 0.336 e. The van der Waals surface area contributed by atoms with Gasteiger partial charge in [0, 0.05) is 6.54 Å². The molecule has 6 heteroatoms. The topological polar surface area (TPSA) is 53.6 Å². The summed E-state index contributed by atoms with van der Waals surface area (Å²) >= 11 is 0. The monoisotopic (exact) mass is 239 g/mol. The molecule has 0 bridgehead atoms. The quantitative estimate of drug-likeness (QED) is 0.774. The molecule has 2 N–H and O–H groups in total. The zero-order valence-corrected chi connectivity index (χ0v) is 9.28. The molecule has 2 rings (SSSR count). The number of carbonyl (C=O) groups is 1. The number of rotatable bonds is 1. The molecule has 1 aliphatic rings. The predicted molar refractivity (Wildman–Crippen MR) is 60.9 cm³/mol. The highest BCUT2D eigenvalue weighted by Gasteiger charge is 2.16. The van der Waals surface area contributed by atoms with E-state index in [1.807, 2.05) is 0 Å². The summed E-state index contributed by atoms with van der Waals surface area (Å²) in [6.07, 6.45) is 0. The van der Waals surface area contributed by atoms with Crippen molar-refractivity contribution in [2.75, 3.05) is 31.6 Å². The Kier molecular flexibility index (Phi) is 3.89. The summed E-state index contributed by atoms with van der Waals surface area (Å²) in [7, 11) is 0. The van der Waals surface area contributed by atoms with E-state index in [0.29, 0.717) is 26.3 Å². The number of amides is 2. The number of hydrazine groups is 1. The molecule has 0 atom stereocenters. The van der Waals surface area contributed by atoms with E-state index in [1.54, 1.807) is 12.1 Å². The van der Waals surface area contributed by atoms with Gasteiger partial charge in [-0.05, 0) is 12.1 Å². The number of hydrogen-bond acceptors (Lipinski definition) is 3. The second-order valence-electron chi connectivity index (χ2n) is 3.58. The number of nitrogens with zero attached hydrogens (tertiary/aromatic N) is 1. The lowest BCUT2D eigenvalue weighted by Crippen LogP contribution is -2.46. The highest BCUT2D eigenvalue weighted by molar-refractivity contribution is 5.89. The van der Waals surface area contributed by atoms with E-state index in [1.165, 1.54) is 17.1 Å². The fourth-order valence-electron chi connectivity index (χ4n) is 1.51. The molecular formula is C11H14FN3O2. The van der Waals surface area contributed by atoms with Crippen LogP contribution in [0.3, 0.4) is 0 Å². The van der Waals surface area contributed by atoms with Crippen molar-refractivity contribution in [1.82, 2.24) is 10.4 Å². The number of benzene rings is 1. The molecule has 92 valence electrons. The van der Waals surface area contributed by atoms with Gasteiger partial charge < -0.3 is 10.1 Å². The van der Waals surface area contributed by atoms with Gasteiger partial charge in [0.2, 0.25) is 0 Å². The molecule has 1 aromatic rings. The van der Waals surface area contributed by atoms with E-state index < -0.39 is 5.82 Å². The van der Waals surface area contributed by atoms with Gasteiger partial charge in [-0.2, -0.15) is 0 Å². The number of nitrogens with one attached hydrogen (secondary N) is 2. The Hall–Kier alpha value is -1.66. The second kappa shape index (κ2) is 5.60. The van der Waals surface area contributed by atoms with Crippen LogP contribution < -0.4 is 10.7 Å². The molecule has 1 heterocycles. The van der Waals surface area contributed by atoms with Gasteiger partial charge >= 0.3 is 6.03 Å². The first-order valence-electron chi connectivity index (χ1n) is 5.41. The summed E-state index contributed by atoms with van der Waals surface area (Å²) in [4.78, 5) is 11.8. The summed E-state index contributed by atoms with van der Waals surface area (Å²) in [6, 6.07) is 5.66.